The highest BCUT2D eigenvalue weighted by Gasteiger charge is 2.20. The van der Waals surface area contributed by atoms with Gasteiger partial charge >= 0.3 is 0 Å². The van der Waals surface area contributed by atoms with Gasteiger partial charge in [0.25, 0.3) is 0 Å². The van der Waals surface area contributed by atoms with E-state index in [9.17, 15) is 8.78 Å². The second kappa shape index (κ2) is 6.70. The average molecular weight is 241 g/mol. The summed E-state index contributed by atoms with van der Waals surface area (Å²) in [4.78, 5) is 2.10. The minimum absolute atomic E-state index is 0.201. The fourth-order valence-electron chi connectivity index (χ4n) is 2.08. The SMILES string of the molecule is CC.CC1CCN(Cc2c(F)cccc2F)C1. The maximum absolute atomic E-state index is 13.3. The third-order valence-corrected chi connectivity index (χ3v) is 2.95. The topological polar surface area (TPSA) is 3.24 Å². The van der Waals surface area contributed by atoms with Crippen LogP contribution in [0.4, 0.5) is 8.78 Å². The fourth-order valence-corrected chi connectivity index (χ4v) is 2.08. The van der Waals surface area contributed by atoms with Crippen LogP contribution in [0.1, 0.15) is 32.8 Å². The van der Waals surface area contributed by atoms with E-state index in [2.05, 4.69) is 11.8 Å². The normalized spacial score (nSPS) is 19.9. The summed E-state index contributed by atoms with van der Waals surface area (Å²) in [6, 6.07) is 4.04. The fraction of sp³-hybridized carbons (Fsp3) is 0.571. The van der Waals surface area contributed by atoms with Crippen LogP contribution in [0.3, 0.4) is 0 Å². The average Bonchev–Trinajstić information content (AvgIpc) is 2.73. The van der Waals surface area contributed by atoms with Gasteiger partial charge in [0.05, 0.1) is 0 Å². The van der Waals surface area contributed by atoms with Gasteiger partial charge in [-0.1, -0.05) is 26.8 Å². The van der Waals surface area contributed by atoms with Gasteiger partial charge in [0.2, 0.25) is 0 Å². The zero-order valence-electron chi connectivity index (χ0n) is 10.8. The first-order valence-corrected chi connectivity index (χ1v) is 6.32. The molecule has 0 saturated carbocycles. The molecule has 0 N–H and O–H groups in total. The van der Waals surface area contributed by atoms with Crippen LogP contribution in [0.5, 0.6) is 0 Å². The van der Waals surface area contributed by atoms with Crippen LogP contribution in [0.2, 0.25) is 0 Å². The molecule has 1 unspecified atom stereocenters. The first kappa shape index (κ1) is 14.1. The highest BCUT2D eigenvalue weighted by atomic mass is 19.1. The number of benzene rings is 1. The molecule has 1 atom stereocenters. The third-order valence-electron chi connectivity index (χ3n) is 2.95. The summed E-state index contributed by atoms with van der Waals surface area (Å²) in [5.74, 6) is -0.232. The van der Waals surface area contributed by atoms with Crippen LogP contribution < -0.4 is 0 Å². The smallest absolute Gasteiger partial charge is 0.130 e. The maximum Gasteiger partial charge on any atom is 0.130 e. The lowest BCUT2D eigenvalue weighted by Gasteiger charge is -2.16. The van der Waals surface area contributed by atoms with E-state index < -0.39 is 11.6 Å². The van der Waals surface area contributed by atoms with Crippen LogP contribution in [0.15, 0.2) is 18.2 Å². The second-order valence-electron chi connectivity index (χ2n) is 4.33. The Kier molecular flexibility index (Phi) is 5.56. The Bertz CT molecular complexity index is 332. The van der Waals surface area contributed by atoms with Crippen LogP contribution >= 0.6 is 0 Å². The standard InChI is InChI=1S/C12H15F2N.C2H6/c1-9-5-6-15(7-9)8-10-11(13)3-2-4-12(10)14;1-2/h2-4,9H,5-8H2,1H3;1-2H3. The van der Waals surface area contributed by atoms with Gasteiger partial charge in [-0.2, -0.15) is 0 Å². The molecule has 0 bridgehead atoms. The number of likely N-dealkylation sites (tertiary alicyclic amines) is 1. The van der Waals surface area contributed by atoms with Gasteiger partial charge in [-0.05, 0) is 31.0 Å². The summed E-state index contributed by atoms with van der Waals surface area (Å²) in [6.45, 7) is 8.43. The van der Waals surface area contributed by atoms with Crippen molar-refractivity contribution in [2.45, 2.75) is 33.7 Å². The number of halogens is 2. The van der Waals surface area contributed by atoms with E-state index in [0.29, 0.717) is 12.5 Å². The molecule has 1 nitrogen and oxygen atoms in total. The minimum Gasteiger partial charge on any atom is -0.299 e. The van der Waals surface area contributed by atoms with E-state index >= 15 is 0 Å². The molecule has 0 amide bonds. The van der Waals surface area contributed by atoms with Crippen molar-refractivity contribution < 1.29 is 8.78 Å². The Balaban J connectivity index is 0.000000686. The van der Waals surface area contributed by atoms with Crippen molar-refractivity contribution in [1.29, 1.82) is 0 Å². The van der Waals surface area contributed by atoms with Gasteiger partial charge in [-0.15, -0.1) is 0 Å². The summed E-state index contributed by atoms with van der Waals surface area (Å²) >= 11 is 0. The number of nitrogens with zero attached hydrogens (tertiary/aromatic N) is 1. The molecule has 1 aromatic rings. The quantitative estimate of drug-likeness (QED) is 0.760. The summed E-state index contributed by atoms with van der Waals surface area (Å²) < 4.78 is 26.7. The number of hydrogen-bond donors (Lipinski definition) is 0. The van der Waals surface area contributed by atoms with Gasteiger partial charge in [0.15, 0.2) is 0 Å². The third kappa shape index (κ3) is 3.77. The van der Waals surface area contributed by atoms with E-state index in [1.54, 1.807) is 0 Å². The van der Waals surface area contributed by atoms with E-state index in [1.807, 2.05) is 13.8 Å². The van der Waals surface area contributed by atoms with Crippen molar-refractivity contribution in [2.24, 2.45) is 5.92 Å². The van der Waals surface area contributed by atoms with Crippen LogP contribution in [0.25, 0.3) is 0 Å². The first-order chi connectivity index (χ1) is 8.16. The highest BCUT2D eigenvalue weighted by molar-refractivity contribution is 5.19. The van der Waals surface area contributed by atoms with Crippen LogP contribution in [-0.2, 0) is 6.54 Å². The van der Waals surface area contributed by atoms with Crippen molar-refractivity contribution in [3.63, 3.8) is 0 Å². The van der Waals surface area contributed by atoms with Crippen molar-refractivity contribution in [3.8, 4) is 0 Å². The summed E-state index contributed by atoms with van der Waals surface area (Å²) in [7, 11) is 0. The van der Waals surface area contributed by atoms with Gasteiger partial charge < -0.3 is 0 Å². The van der Waals surface area contributed by atoms with Gasteiger partial charge in [0, 0.05) is 18.7 Å². The van der Waals surface area contributed by atoms with Crippen LogP contribution in [-0.4, -0.2) is 18.0 Å². The van der Waals surface area contributed by atoms with E-state index in [0.717, 1.165) is 19.5 Å². The minimum atomic E-state index is -0.436. The lowest BCUT2D eigenvalue weighted by Crippen LogP contribution is -2.21. The van der Waals surface area contributed by atoms with E-state index in [1.165, 1.54) is 18.2 Å². The molecular weight excluding hydrogens is 220 g/mol. The van der Waals surface area contributed by atoms with Crippen molar-refractivity contribution in [1.82, 2.24) is 4.90 Å². The Labute approximate surface area is 102 Å². The molecule has 1 aliphatic rings. The van der Waals surface area contributed by atoms with Gasteiger partial charge in [0.1, 0.15) is 11.6 Å². The second-order valence-corrected chi connectivity index (χ2v) is 4.33. The molecule has 1 aromatic carbocycles. The molecule has 0 spiro atoms. The molecule has 0 aromatic heterocycles. The highest BCUT2D eigenvalue weighted by Crippen LogP contribution is 2.20. The molecule has 2 rings (SSSR count). The Morgan fingerprint density at radius 2 is 1.82 bits per heavy atom. The lowest BCUT2D eigenvalue weighted by atomic mass is 10.1. The zero-order chi connectivity index (χ0) is 12.8. The lowest BCUT2D eigenvalue weighted by molar-refractivity contribution is 0.308. The molecule has 1 fully saturated rings. The number of hydrogen-bond acceptors (Lipinski definition) is 1. The Morgan fingerprint density at radius 1 is 1.24 bits per heavy atom. The molecule has 3 heteroatoms. The largest absolute Gasteiger partial charge is 0.299 e. The molecule has 0 aliphatic carbocycles. The van der Waals surface area contributed by atoms with Gasteiger partial charge in [-0.3, -0.25) is 4.90 Å². The van der Waals surface area contributed by atoms with E-state index in [4.69, 9.17) is 0 Å². The first-order valence-electron chi connectivity index (χ1n) is 6.32. The monoisotopic (exact) mass is 241 g/mol. The zero-order valence-corrected chi connectivity index (χ0v) is 10.8. The van der Waals surface area contributed by atoms with Crippen molar-refractivity contribution in [3.05, 3.63) is 35.4 Å². The molecule has 1 heterocycles. The van der Waals surface area contributed by atoms with Crippen LogP contribution in [0, 0.1) is 17.6 Å². The summed E-state index contributed by atoms with van der Waals surface area (Å²) in [6.07, 6.45) is 1.12. The van der Waals surface area contributed by atoms with E-state index in [-0.39, 0.29) is 5.56 Å². The Morgan fingerprint density at radius 3 is 2.29 bits per heavy atom. The molecule has 0 radical (unpaired) electrons. The Hall–Kier alpha value is -0.960. The summed E-state index contributed by atoms with van der Waals surface area (Å²) in [5.41, 5.74) is 0.201. The molecule has 17 heavy (non-hydrogen) atoms. The maximum atomic E-state index is 13.3. The van der Waals surface area contributed by atoms with Gasteiger partial charge in [-0.25, -0.2) is 8.78 Å². The molecule has 96 valence electrons. The molecule has 1 saturated heterocycles. The predicted octanol–water partition coefficient (Wildman–Crippen LogP) is 3.83. The predicted molar refractivity (Wildman–Crippen MR) is 66.8 cm³/mol. The molecule has 1 aliphatic heterocycles. The summed E-state index contributed by atoms with van der Waals surface area (Å²) in [5, 5.41) is 0. The number of rotatable bonds is 2. The van der Waals surface area contributed by atoms with Crippen molar-refractivity contribution >= 4 is 0 Å². The molecular formula is C14H21F2N. The van der Waals surface area contributed by atoms with Crippen molar-refractivity contribution in [2.75, 3.05) is 13.1 Å².